The average Bonchev–Trinajstić information content (AvgIpc) is 2.81. The SMILES string of the molecule is O=C(Cc1ccc(F)cc1)N1CCN(C(=O)C2(c3ccc(Br)cc3)CCOCC2)CC1. The van der Waals surface area contributed by atoms with E-state index in [0.29, 0.717) is 52.2 Å². The molecule has 0 unspecified atom stereocenters. The van der Waals surface area contributed by atoms with Crippen molar-refractivity contribution in [2.24, 2.45) is 0 Å². The van der Waals surface area contributed by atoms with Crippen LogP contribution in [0.2, 0.25) is 0 Å². The third-order valence-electron chi connectivity index (χ3n) is 6.34. The van der Waals surface area contributed by atoms with Gasteiger partial charge in [-0.15, -0.1) is 0 Å². The molecule has 4 rings (SSSR count). The van der Waals surface area contributed by atoms with Gasteiger partial charge in [0, 0.05) is 43.9 Å². The molecule has 0 bridgehead atoms. The number of rotatable bonds is 4. The van der Waals surface area contributed by atoms with Crippen LogP contribution in [0.25, 0.3) is 0 Å². The van der Waals surface area contributed by atoms with Crippen LogP contribution in [0.4, 0.5) is 4.39 Å². The molecule has 0 aromatic heterocycles. The first-order valence-corrected chi connectivity index (χ1v) is 11.4. The first kappa shape index (κ1) is 22.0. The predicted molar refractivity (Wildman–Crippen MR) is 119 cm³/mol. The second-order valence-electron chi connectivity index (χ2n) is 8.18. The van der Waals surface area contributed by atoms with Gasteiger partial charge in [0.25, 0.3) is 0 Å². The molecule has 0 atom stereocenters. The number of carbonyl (C=O) groups excluding carboxylic acids is 2. The van der Waals surface area contributed by atoms with E-state index in [1.165, 1.54) is 12.1 Å². The number of benzene rings is 2. The Balaban J connectivity index is 1.42. The second kappa shape index (κ2) is 9.49. The van der Waals surface area contributed by atoms with Crippen molar-refractivity contribution >= 4 is 27.7 Å². The molecule has 31 heavy (non-hydrogen) atoms. The van der Waals surface area contributed by atoms with Crippen LogP contribution in [0.5, 0.6) is 0 Å². The topological polar surface area (TPSA) is 49.9 Å². The lowest BCUT2D eigenvalue weighted by molar-refractivity contribution is -0.146. The van der Waals surface area contributed by atoms with Gasteiger partial charge in [0.15, 0.2) is 0 Å². The highest BCUT2D eigenvalue weighted by atomic mass is 79.9. The summed E-state index contributed by atoms with van der Waals surface area (Å²) >= 11 is 3.47. The van der Waals surface area contributed by atoms with Gasteiger partial charge >= 0.3 is 0 Å². The van der Waals surface area contributed by atoms with E-state index in [0.717, 1.165) is 15.6 Å². The van der Waals surface area contributed by atoms with Crippen LogP contribution in [0.15, 0.2) is 53.0 Å². The lowest BCUT2D eigenvalue weighted by Gasteiger charge is -2.43. The number of carbonyl (C=O) groups is 2. The molecule has 2 aliphatic heterocycles. The van der Waals surface area contributed by atoms with Crippen molar-refractivity contribution in [2.75, 3.05) is 39.4 Å². The number of nitrogens with zero attached hydrogens (tertiary/aromatic N) is 2. The van der Waals surface area contributed by atoms with Gasteiger partial charge < -0.3 is 14.5 Å². The van der Waals surface area contributed by atoms with Crippen LogP contribution in [-0.4, -0.2) is 61.0 Å². The van der Waals surface area contributed by atoms with E-state index in [9.17, 15) is 14.0 Å². The van der Waals surface area contributed by atoms with Crippen LogP contribution in [-0.2, 0) is 26.2 Å². The van der Waals surface area contributed by atoms with E-state index in [1.54, 1.807) is 17.0 Å². The summed E-state index contributed by atoms with van der Waals surface area (Å²) in [6.07, 6.45) is 1.57. The van der Waals surface area contributed by atoms with Crippen molar-refractivity contribution in [2.45, 2.75) is 24.7 Å². The summed E-state index contributed by atoms with van der Waals surface area (Å²) in [6.45, 7) is 3.20. The predicted octanol–water partition coefficient (Wildman–Crippen LogP) is 3.55. The molecule has 0 radical (unpaired) electrons. The van der Waals surface area contributed by atoms with E-state index in [-0.39, 0.29) is 24.1 Å². The summed E-state index contributed by atoms with van der Waals surface area (Å²) in [6, 6.07) is 14.0. The standard InChI is InChI=1S/C24H26BrFN2O3/c25-20-5-3-19(4-6-20)24(9-15-31-16-10-24)23(30)28-13-11-27(12-14-28)22(29)17-18-1-7-21(26)8-2-18/h1-8H,9-17H2. The summed E-state index contributed by atoms with van der Waals surface area (Å²) in [5.74, 6) is -0.174. The summed E-state index contributed by atoms with van der Waals surface area (Å²) in [5.41, 5.74) is 1.25. The zero-order valence-corrected chi connectivity index (χ0v) is 18.9. The molecular weight excluding hydrogens is 463 g/mol. The van der Waals surface area contributed by atoms with Crippen molar-refractivity contribution in [3.8, 4) is 0 Å². The van der Waals surface area contributed by atoms with E-state index < -0.39 is 5.41 Å². The van der Waals surface area contributed by atoms with Crippen molar-refractivity contribution in [3.63, 3.8) is 0 Å². The van der Waals surface area contributed by atoms with Crippen molar-refractivity contribution < 1.29 is 18.7 Å². The van der Waals surface area contributed by atoms with Gasteiger partial charge in [-0.05, 0) is 48.2 Å². The molecule has 0 aliphatic carbocycles. The molecule has 2 saturated heterocycles. The van der Waals surface area contributed by atoms with Gasteiger partial charge in [-0.2, -0.15) is 0 Å². The van der Waals surface area contributed by atoms with Crippen molar-refractivity contribution in [1.82, 2.24) is 9.80 Å². The van der Waals surface area contributed by atoms with Crippen LogP contribution in [0.1, 0.15) is 24.0 Å². The molecule has 2 fully saturated rings. The van der Waals surface area contributed by atoms with Crippen molar-refractivity contribution in [3.05, 3.63) is 69.9 Å². The zero-order chi connectivity index (χ0) is 21.8. The number of piperazine rings is 1. The lowest BCUT2D eigenvalue weighted by atomic mass is 9.73. The highest BCUT2D eigenvalue weighted by molar-refractivity contribution is 9.10. The third kappa shape index (κ3) is 4.83. The lowest BCUT2D eigenvalue weighted by Crippen LogP contribution is -2.57. The van der Waals surface area contributed by atoms with Gasteiger partial charge in [-0.3, -0.25) is 9.59 Å². The first-order chi connectivity index (χ1) is 15.0. The van der Waals surface area contributed by atoms with Gasteiger partial charge in [0.2, 0.25) is 11.8 Å². The van der Waals surface area contributed by atoms with E-state index in [1.807, 2.05) is 29.2 Å². The Morgan fingerprint density at radius 2 is 1.48 bits per heavy atom. The maximum Gasteiger partial charge on any atom is 0.233 e. The molecule has 7 heteroatoms. The first-order valence-electron chi connectivity index (χ1n) is 10.6. The van der Waals surface area contributed by atoms with Crippen LogP contribution in [0, 0.1) is 5.82 Å². The van der Waals surface area contributed by atoms with E-state index in [4.69, 9.17) is 4.74 Å². The molecule has 0 N–H and O–H groups in total. The number of hydrogen-bond acceptors (Lipinski definition) is 3. The quantitative estimate of drug-likeness (QED) is 0.661. The maximum absolute atomic E-state index is 13.7. The minimum atomic E-state index is -0.570. The molecule has 0 saturated carbocycles. The minimum absolute atomic E-state index is 0.00685. The number of amides is 2. The number of ether oxygens (including phenoxy) is 1. The minimum Gasteiger partial charge on any atom is -0.381 e. The molecule has 2 aliphatic rings. The summed E-state index contributed by atoms with van der Waals surface area (Å²) in [4.78, 5) is 30.0. The molecule has 2 heterocycles. The number of halogens is 2. The Labute approximate surface area is 190 Å². The number of hydrogen-bond donors (Lipinski definition) is 0. The van der Waals surface area contributed by atoms with Gasteiger partial charge in [0.1, 0.15) is 5.82 Å². The molecule has 2 aromatic carbocycles. The summed E-state index contributed by atoms with van der Waals surface area (Å²) in [7, 11) is 0. The Kier molecular flexibility index (Phi) is 6.72. The van der Waals surface area contributed by atoms with Crippen LogP contribution < -0.4 is 0 Å². The monoisotopic (exact) mass is 488 g/mol. The van der Waals surface area contributed by atoms with Gasteiger partial charge in [0.05, 0.1) is 11.8 Å². The largest absolute Gasteiger partial charge is 0.381 e. The van der Waals surface area contributed by atoms with Crippen LogP contribution >= 0.6 is 15.9 Å². The summed E-state index contributed by atoms with van der Waals surface area (Å²) < 4.78 is 19.6. The van der Waals surface area contributed by atoms with Crippen molar-refractivity contribution in [1.29, 1.82) is 0 Å². The fourth-order valence-electron chi connectivity index (χ4n) is 4.47. The zero-order valence-electron chi connectivity index (χ0n) is 17.4. The van der Waals surface area contributed by atoms with Gasteiger partial charge in [-0.1, -0.05) is 40.2 Å². The summed E-state index contributed by atoms with van der Waals surface area (Å²) in [5, 5.41) is 0. The normalized spacial score (nSPS) is 18.6. The van der Waals surface area contributed by atoms with Gasteiger partial charge in [-0.25, -0.2) is 4.39 Å². The fourth-order valence-corrected chi connectivity index (χ4v) is 4.73. The van der Waals surface area contributed by atoms with E-state index in [2.05, 4.69) is 15.9 Å². The van der Waals surface area contributed by atoms with E-state index >= 15 is 0 Å². The molecule has 2 aromatic rings. The average molecular weight is 489 g/mol. The second-order valence-corrected chi connectivity index (χ2v) is 9.09. The molecule has 164 valence electrons. The Morgan fingerprint density at radius 3 is 2.10 bits per heavy atom. The Hall–Kier alpha value is -2.25. The molecule has 0 spiro atoms. The maximum atomic E-state index is 13.7. The molecule has 2 amide bonds. The third-order valence-corrected chi connectivity index (χ3v) is 6.87. The van der Waals surface area contributed by atoms with Crippen LogP contribution in [0.3, 0.4) is 0 Å². The molecular formula is C24H26BrFN2O3. The Morgan fingerprint density at radius 1 is 0.903 bits per heavy atom. The fraction of sp³-hybridized carbons (Fsp3) is 0.417. The molecule has 5 nitrogen and oxygen atoms in total. The Bertz CT molecular complexity index is 919. The highest BCUT2D eigenvalue weighted by Crippen LogP contribution is 2.37. The smallest absolute Gasteiger partial charge is 0.233 e. The highest BCUT2D eigenvalue weighted by Gasteiger charge is 2.44.